The third kappa shape index (κ3) is 3.74. The number of esters is 1. The van der Waals surface area contributed by atoms with Gasteiger partial charge in [0.25, 0.3) is 10.2 Å². The first kappa shape index (κ1) is 16.7. The quantitative estimate of drug-likeness (QED) is 0.726. The molecule has 0 aromatic carbocycles. The number of hydrogen-bond acceptors (Lipinski definition) is 5. The third-order valence-corrected chi connectivity index (χ3v) is 6.51. The van der Waals surface area contributed by atoms with Crippen LogP contribution >= 0.6 is 0 Å². The number of ether oxygens (including phenoxy) is 1. The van der Waals surface area contributed by atoms with E-state index in [1.807, 2.05) is 0 Å². The van der Waals surface area contributed by atoms with Crippen molar-refractivity contribution in [3.05, 3.63) is 0 Å². The minimum absolute atomic E-state index is 0.123. The molecule has 2 aliphatic rings. The average molecular weight is 320 g/mol. The summed E-state index contributed by atoms with van der Waals surface area (Å²) < 4.78 is 32.8. The first-order chi connectivity index (χ1) is 9.98. The fourth-order valence-electron chi connectivity index (χ4n) is 2.97. The number of aliphatic hydroxyl groups excluding tert-OH is 1. The van der Waals surface area contributed by atoms with Crippen molar-refractivity contribution in [2.45, 2.75) is 25.7 Å². The molecule has 0 unspecified atom stereocenters. The van der Waals surface area contributed by atoms with Crippen molar-refractivity contribution in [3.8, 4) is 0 Å². The summed E-state index contributed by atoms with van der Waals surface area (Å²) in [6.07, 6.45) is 2.43. The number of rotatable bonds is 4. The maximum Gasteiger partial charge on any atom is 0.308 e. The highest BCUT2D eigenvalue weighted by Crippen LogP contribution is 2.25. The average Bonchev–Trinajstić information content (AvgIpc) is 2.54. The summed E-state index contributed by atoms with van der Waals surface area (Å²) in [5.41, 5.74) is 0. The minimum atomic E-state index is -3.44. The summed E-state index contributed by atoms with van der Waals surface area (Å²) in [7, 11) is -2.08. The molecule has 2 aliphatic heterocycles. The second-order valence-electron chi connectivity index (χ2n) is 5.73. The molecule has 0 amide bonds. The van der Waals surface area contributed by atoms with Crippen molar-refractivity contribution in [3.63, 3.8) is 0 Å². The number of nitrogens with zero attached hydrogens (tertiary/aromatic N) is 2. The Kier molecular flexibility index (Phi) is 5.59. The molecule has 1 N–H and O–H groups in total. The second-order valence-corrected chi connectivity index (χ2v) is 7.66. The van der Waals surface area contributed by atoms with Crippen LogP contribution in [0.3, 0.4) is 0 Å². The summed E-state index contributed by atoms with van der Waals surface area (Å²) in [6, 6.07) is 0. The molecule has 7 nitrogen and oxygen atoms in total. The Morgan fingerprint density at radius 2 is 1.57 bits per heavy atom. The SMILES string of the molecule is COC(=O)C1CCN(S(=O)(=O)N2CCC(CO)CC2)CC1. The highest BCUT2D eigenvalue weighted by molar-refractivity contribution is 7.86. The van der Waals surface area contributed by atoms with E-state index in [9.17, 15) is 13.2 Å². The van der Waals surface area contributed by atoms with Crippen molar-refractivity contribution in [2.75, 3.05) is 39.9 Å². The first-order valence-corrected chi connectivity index (χ1v) is 8.82. The van der Waals surface area contributed by atoms with Crippen molar-refractivity contribution in [1.29, 1.82) is 0 Å². The van der Waals surface area contributed by atoms with Gasteiger partial charge in [-0.3, -0.25) is 4.79 Å². The molecule has 0 aromatic heterocycles. The summed E-state index contributed by atoms with van der Waals surface area (Å²) >= 11 is 0. The summed E-state index contributed by atoms with van der Waals surface area (Å²) in [6.45, 7) is 1.78. The van der Waals surface area contributed by atoms with Gasteiger partial charge >= 0.3 is 5.97 Å². The topological polar surface area (TPSA) is 87.2 Å². The van der Waals surface area contributed by atoms with E-state index in [4.69, 9.17) is 9.84 Å². The molecular formula is C13H24N2O5S. The molecule has 0 atom stereocenters. The summed E-state index contributed by atoms with van der Waals surface area (Å²) in [4.78, 5) is 11.5. The lowest BCUT2D eigenvalue weighted by Gasteiger charge is -2.37. The molecule has 0 spiro atoms. The lowest BCUT2D eigenvalue weighted by atomic mass is 9.99. The van der Waals surface area contributed by atoms with Crippen LogP contribution in [0.15, 0.2) is 0 Å². The lowest BCUT2D eigenvalue weighted by Crippen LogP contribution is -2.50. The zero-order chi connectivity index (χ0) is 15.5. The molecule has 0 aliphatic carbocycles. The van der Waals surface area contributed by atoms with Crippen LogP contribution in [0.2, 0.25) is 0 Å². The molecular weight excluding hydrogens is 296 g/mol. The Labute approximate surface area is 126 Å². The highest BCUT2D eigenvalue weighted by atomic mass is 32.2. The summed E-state index contributed by atoms with van der Waals surface area (Å²) in [5, 5.41) is 9.11. The number of aliphatic hydroxyl groups is 1. The summed E-state index contributed by atoms with van der Waals surface area (Å²) in [5.74, 6) is -0.237. The van der Waals surface area contributed by atoms with Gasteiger partial charge in [0.15, 0.2) is 0 Å². The first-order valence-electron chi connectivity index (χ1n) is 7.43. The van der Waals surface area contributed by atoms with Crippen LogP contribution in [-0.2, 0) is 19.7 Å². The van der Waals surface area contributed by atoms with Crippen LogP contribution in [-0.4, -0.2) is 68.0 Å². The van der Waals surface area contributed by atoms with E-state index in [2.05, 4.69) is 0 Å². The van der Waals surface area contributed by atoms with Crippen molar-refractivity contribution < 1.29 is 23.1 Å². The van der Waals surface area contributed by atoms with Gasteiger partial charge in [0.1, 0.15) is 0 Å². The normalized spacial score (nSPS) is 24.1. The van der Waals surface area contributed by atoms with E-state index in [1.165, 1.54) is 15.7 Å². The fraction of sp³-hybridized carbons (Fsp3) is 0.923. The molecule has 2 saturated heterocycles. The zero-order valence-electron chi connectivity index (χ0n) is 12.4. The predicted octanol–water partition coefficient (Wildman–Crippen LogP) is -0.179. The van der Waals surface area contributed by atoms with Crippen molar-refractivity contribution in [1.82, 2.24) is 8.61 Å². The van der Waals surface area contributed by atoms with E-state index in [0.29, 0.717) is 51.9 Å². The number of piperidine rings is 2. The monoisotopic (exact) mass is 320 g/mol. The van der Waals surface area contributed by atoms with Gasteiger partial charge in [-0.1, -0.05) is 0 Å². The van der Waals surface area contributed by atoms with Crippen LogP contribution < -0.4 is 0 Å². The van der Waals surface area contributed by atoms with E-state index >= 15 is 0 Å². The second kappa shape index (κ2) is 7.04. The maximum absolute atomic E-state index is 12.6. The van der Waals surface area contributed by atoms with E-state index in [0.717, 1.165) is 0 Å². The third-order valence-electron chi connectivity index (χ3n) is 4.47. The predicted molar refractivity (Wildman–Crippen MR) is 76.6 cm³/mol. The lowest BCUT2D eigenvalue weighted by molar-refractivity contribution is -0.146. The molecule has 8 heteroatoms. The molecule has 2 fully saturated rings. The van der Waals surface area contributed by atoms with Crippen LogP contribution in [0.5, 0.6) is 0 Å². The largest absolute Gasteiger partial charge is 0.469 e. The van der Waals surface area contributed by atoms with E-state index in [-0.39, 0.29) is 24.4 Å². The van der Waals surface area contributed by atoms with Crippen molar-refractivity contribution >= 4 is 16.2 Å². The van der Waals surface area contributed by atoms with Crippen LogP contribution in [0.25, 0.3) is 0 Å². The standard InChI is InChI=1S/C13H24N2O5S/c1-20-13(17)12-4-8-15(9-5-12)21(18,19)14-6-2-11(10-16)3-7-14/h11-12,16H,2-10H2,1H3. The number of carbonyl (C=O) groups excluding carboxylic acids is 1. The van der Waals surface area contributed by atoms with Gasteiger partial charge in [-0.2, -0.15) is 17.0 Å². The van der Waals surface area contributed by atoms with Gasteiger partial charge in [0.05, 0.1) is 13.0 Å². The molecule has 0 saturated carbocycles. The number of methoxy groups -OCH3 is 1. The molecule has 0 bridgehead atoms. The molecule has 21 heavy (non-hydrogen) atoms. The minimum Gasteiger partial charge on any atom is -0.469 e. The maximum atomic E-state index is 12.6. The molecule has 2 rings (SSSR count). The Hall–Kier alpha value is -0.700. The van der Waals surface area contributed by atoms with Crippen LogP contribution in [0.1, 0.15) is 25.7 Å². The van der Waals surface area contributed by atoms with Gasteiger partial charge in [-0.15, -0.1) is 0 Å². The molecule has 122 valence electrons. The Morgan fingerprint density at radius 1 is 1.10 bits per heavy atom. The van der Waals surface area contributed by atoms with Gasteiger partial charge in [-0.05, 0) is 31.6 Å². The Morgan fingerprint density at radius 3 is 2.00 bits per heavy atom. The van der Waals surface area contributed by atoms with Gasteiger partial charge < -0.3 is 9.84 Å². The zero-order valence-corrected chi connectivity index (χ0v) is 13.2. The van der Waals surface area contributed by atoms with Crippen molar-refractivity contribution in [2.24, 2.45) is 11.8 Å². The highest BCUT2D eigenvalue weighted by Gasteiger charge is 2.36. The fourth-order valence-corrected chi connectivity index (χ4v) is 4.65. The number of hydrogen-bond donors (Lipinski definition) is 1. The Bertz CT molecular complexity index is 451. The number of carbonyl (C=O) groups is 1. The molecule has 0 radical (unpaired) electrons. The smallest absolute Gasteiger partial charge is 0.308 e. The Balaban J connectivity index is 1.91. The molecule has 0 aromatic rings. The van der Waals surface area contributed by atoms with Gasteiger partial charge in [0, 0.05) is 32.8 Å². The molecule has 2 heterocycles. The van der Waals surface area contributed by atoms with Crippen LogP contribution in [0.4, 0.5) is 0 Å². The van der Waals surface area contributed by atoms with Crippen LogP contribution in [0, 0.1) is 11.8 Å². The van der Waals surface area contributed by atoms with E-state index in [1.54, 1.807) is 0 Å². The van der Waals surface area contributed by atoms with Gasteiger partial charge in [0.2, 0.25) is 0 Å². The van der Waals surface area contributed by atoms with E-state index < -0.39 is 10.2 Å². The van der Waals surface area contributed by atoms with Gasteiger partial charge in [-0.25, -0.2) is 0 Å².